The van der Waals surface area contributed by atoms with E-state index in [1.54, 1.807) is 13.2 Å². The lowest BCUT2D eigenvalue weighted by Gasteiger charge is -2.33. The number of hydrogen-bond acceptors (Lipinski definition) is 5. The van der Waals surface area contributed by atoms with Gasteiger partial charge in [-0.15, -0.1) is 0 Å². The quantitative estimate of drug-likeness (QED) is 0.439. The lowest BCUT2D eigenvalue weighted by Crippen LogP contribution is -2.31. The molecule has 1 aliphatic heterocycles. The monoisotopic (exact) mass is 444 g/mol. The van der Waals surface area contributed by atoms with Crippen molar-refractivity contribution in [2.45, 2.75) is 13.3 Å². The van der Waals surface area contributed by atoms with E-state index in [1.165, 1.54) is 6.07 Å². The first kappa shape index (κ1) is 23.5. The minimum atomic E-state index is -0.213. The molecule has 1 heterocycles. The van der Waals surface area contributed by atoms with Gasteiger partial charge in [0.1, 0.15) is 17.3 Å². The van der Waals surface area contributed by atoms with Crippen LogP contribution in [0, 0.1) is 5.82 Å². The molecule has 0 radical (unpaired) electrons. The third-order valence-electron chi connectivity index (χ3n) is 5.23. The molecule has 2 aromatic rings. The molecule has 0 bridgehead atoms. The summed E-state index contributed by atoms with van der Waals surface area (Å²) in [5.41, 5.74) is 3.67. The third-order valence-corrected chi connectivity index (χ3v) is 6.18. The van der Waals surface area contributed by atoms with Crippen molar-refractivity contribution in [1.82, 2.24) is 4.90 Å². The summed E-state index contributed by atoms with van der Waals surface area (Å²) >= 11 is 1.93. The third kappa shape index (κ3) is 6.17. The van der Waals surface area contributed by atoms with Crippen molar-refractivity contribution in [3.63, 3.8) is 0 Å². The molecule has 4 nitrogen and oxygen atoms in total. The van der Waals surface area contributed by atoms with Crippen LogP contribution >= 0.6 is 11.8 Å². The summed E-state index contributed by atoms with van der Waals surface area (Å²) in [6.45, 7) is 5.32. The van der Waals surface area contributed by atoms with Gasteiger partial charge in [-0.25, -0.2) is 4.39 Å². The summed E-state index contributed by atoms with van der Waals surface area (Å²) in [6.07, 6.45) is 2.89. The largest absolute Gasteiger partial charge is 0.497 e. The molecule has 0 aliphatic carbocycles. The Hall–Kier alpha value is -2.18. The average molecular weight is 445 g/mol. The molecule has 31 heavy (non-hydrogen) atoms. The van der Waals surface area contributed by atoms with Crippen LogP contribution in [0.15, 0.2) is 36.4 Å². The molecule has 0 aromatic heterocycles. The summed E-state index contributed by atoms with van der Waals surface area (Å²) in [6, 6.07) is 11.3. The van der Waals surface area contributed by atoms with Crippen LogP contribution < -0.4 is 14.4 Å². The molecule has 0 N–H and O–H groups in total. The maximum atomic E-state index is 14.9. The lowest BCUT2D eigenvalue weighted by atomic mass is 9.96. The molecule has 0 saturated heterocycles. The first-order valence-electron chi connectivity index (χ1n) is 10.8. The van der Waals surface area contributed by atoms with E-state index in [9.17, 15) is 4.39 Å². The van der Waals surface area contributed by atoms with Gasteiger partial charge in [-0.1, -0.05) is 19.1 Å². The van der Waals surface area contributed by atoms with Crippen molar-refractivity contribution in [1.29, 1.82) is 0 Å². The molecule has 3 rings (SSSR count). The van der Waals surface area contributed by atoms with Crippen molar-refractivity contribution >= 4 is 29.1 Å². The van der Waals surface area contributed by atoms with Gasteiger partial charge in [-0.3, -0.25) is 0 Å². The number of anilines is 1. The van der Waals surface area contributed by atoms with E-state index >= 15 is 0 Å². The van der Waals surface area contributed by atoms with E-state index in [1.807, 2.05) is 42.1 Å². The number of benzene rings is 2. The van der Waals surface area contributed by atoms with Gasteiger partial charge in [0.2, 0.25) is 0 Å². The molecule has 0 atom stereocenters. The van der Waals surface area contributed by atoms with Gasteiger partial charge in [0.25, 0.3) is 0 Å². The van der Waals surface area contributed by atoms with E-state index in [0.717, 1.165) is 65.9 Å². The number of fused-ring (bicyclic) bond motifs is 1. The Kier molecular flexibility index (Phi) is 8.67. The van der Waals surface area contributed by atoms with Crippen molar-refractivity contribution in [3.8, 4) is 11.5 Å². The number of rotatable bonds is 11. The first-order valence-corrected chi connectivity index (χ1v) is 12.0. The summed E-state index contributed by atoms with van der Waals surface area (Å²) in [5, 5.41) is 0. The van der Waals surface area contributed by atoms with E-state index in [0.29, 0.717) is 12.2 Å². The van der Waals surface area contributed by atoms with E-state index in [2.05, 4.69) is 30.8 Å². The molecule has 2 aromatic carbocycles. The van der Waals surface area contributed by atoms with Gasteiger partial charge in [-0.2, -0.15) is 11.8 Å². The molecule has 168 valence electrons. The van der Waals surface area contributed by atoms with Crippen molar-refractivity contribution in [2.24, 2.45) is 0 Å². The number of methoxy groups -OCH3 is 1. The van der Waals surface area contributed by atoms with Gasteiger partial charge in [0, 0.05) is 36.7 Å². The molecular formula is C25H33FN2O2S. The summed E-state index contributed by atoms with van der Waals surface area (Å²) in [4.78, 5) is 4.46. The Balaban J connectivity index is 1.89. The normalized spacial score (nSPS) is 13.2. The minimum absolute atomic E-state index is 0.213. The highest BCUT2D eigenvalue weighted by Gasteiger charge is 2.25. The zero-order valence-corrected chi connectivity index (χ0v) is 19.8. The van der Waals surface area contributed by atoms with Crippen LogP contribution in [0.1, 0.15) is 24.5 Å². The fraction of sp³-hybridized carbons (Fsp3) is 0.440. The second-order valence-electron chi connectivity index (χ2n) is 7.89. The smallest absolute Gasteiger partial charge is 0.143 e. The summed E-state index contributed by atoms with van der Waals surface area (Å²) in [5.74, 6) is 3.43. The fourth-order valence-electron chi connectivity index (χ4n) is 3.55. The Morgan fingerprint density at radius 2 is 1.87 bits per heavy atom. The van der Waals surface area contributed by atoms with Crippen LogP contribution in [0.25, 0.3) is 11.6 Å². The van der Waals surface area contributed by atoms with Gasteiger partial charge in [0.15, 0.2) is 0 Å². The molecule has 1 aliphatic rings. The second kappa shape index (κ2) is 11.4. The molecular weight excluding hydrogens is 411 g/mol. The minimum Gasteiger partial charge on any atom is -0.497 e. The van der Waals surface area contributed by atoms with Crippen LogP contribution in [0.5, 0.6) is 11.5 Å². The van der Waals surface area contributed by atoms with Gasteiger partial charge < -0.3 is 19.3 Å². The summed E-state index contributed by atoms with van der Waals surface area (Å²) < 4.78 is 26.2. The van der Waals surface area contributed by atoms with Gasteiger partial charge in [0.05, 0.1) is 19.4 Å². The molecule has 0 unspecified atom stereocenters. The van der Waals surface area contributed by atoms with E-state index in [4.69, 9.17) is 9.47 Å². The highest BCUT2D eigenvalue weighted by molar-refractivity contribution is 7.99. The molecule has 6 heteroatoms. The Morgan fingerprint density at radius 1 is 1.10 bits per heavy atom. The Morgan fingerprint density at radius 3 is 2.55 bits per heavy atom. The van der Waals surface area contributed by atoms with Gasteiger partial charge >= 0.3 is 0 Å². The Bertz CT molecular complexity index is 884. The van der Waals surface area contributed by atoms with Crippen molar-refractivity contribution in [3.05, 3.63) is 53.3 Å². The van der Waals surface area contributed by atoms with Crippen LogP contribution in [-0.4, -0.2) is 63.9 Å². The zero-order valence-electron chi connectivity index (χ0n) is 19.0. The second-order valence-corrected chi connectivity index (χ2v) is 9.12. The lowest BCUT2D eigenvalue weighted by molar-refractivity contribution is 0.317. The van der Waals surface area contributed by atoms with Crippen molar-refractivity contribution in [2.75, 3.05) is 63.9 Å². The standard InChI is InChI=1S/C25H33FN2O2S/c1-5-14-30-24-11-10-23(26)22-17-20(19-6-8-21(29-4)9-7-19)18-28(25(22)24)13-16-31-15-12-27(2)3/h6-11,17H,5,12-16,18H2,1-4H3. The van der Waals surface area contributed by atoms with E-state index in [-0.39, 0.29) is 5.82 Å². The van der Waals surface area contributed by atoms with Crippen LogP contribution in [-0.2, 0) is 0 Å². The zero-order chi connectivity index (χ0) is 22.2. The maximum Gasteiger partial charge on any atom is 0.143 e. The first-order chi connectivity index (χ1) is 15.0. The van der Waals surface area contributed by atoms with Crippen LogP contribution in [0.2, 0.25) is 0 Å². The highest BCUT2D eigenvalue weighted by Crippen LogP contribution is 2.41. The van der Waals surface area contributed by atoms with Crippen molar-refractivity contribution < 1.29 is 13.9 Å². The average Bonchev–Trinajstić information content (AvgIpc) is 2.78. The topological polar surface area (TPSA) is 24.9 Å². The van der Waals surface area contributed by atoms with Gasteiger partial charge in [-0.05, 0) is 62.0 Å². The van der Waals surface area contributed by atoms with Crippen LogP contribution in [0.3, 0.4) is 0 Å². The molecule has 0 spiro atoms. The highest BCUT2D eigenvalue weighted by atomic mass is 32.2. The summed E-state index contributed by atoms with van der Waals surface area (Å²) in [7, 11) is 5.84. The van der Waals surface area contributed by atoms with E-state index < -0.39 is 0 Å². The maximum absolute atomic E-state index is 14.9. The predicted molar refractivity (Wildman–Crippen MR) is 131 cm³/mol. The van der Waals surface area contributed by atoms with Crippen LogP contribution in [0.4, 0.5) is 10.1 Å². The number of halogens is 1. The fourth-order valence-corrected chi connectivity index (χ4v) is 4.60. The number of thioether (sulfide) groups is 1. The molecule has 0 amide bonds. The number of hydrogen-bond donors (Lipinski definition) is 0. The predicted octanol–water partition coefficient (Wildman–Crippen LogP) is 5.28. The number of nitrogens with zero attached hydrogens (tertiary/aromatic N) is 2. The molecule has 0 saturated carbocycles. The molecule has 0 fully saturated rings. The number of ether oxygens (including phenoxy) is 2. The SMILES string of the molecule is CCCOc1ccc(F)c2c1N(CCSCCN(C)C)CC(c1ccc(OC)cc1)=C2. The Labute approximate surface area is 190 Å².